The molecule has 7 unspecified atom stereocenters. The van der Waals surface area contributed by atoms with Crippen LogP contribution in [0.1, 0.15) is 47.0 Å². The molecule has 3 amide bonds. The SMILES string of the molecule is CCC(C)C(NC(=O)C(NC(=O)C(N)CCC(=O)O)C(C)O)C(=O)NC(C(=O)O)C(C)O. The van der Waals surface area contributed by atoms with Crippen LogP contribution in [0.25, 0.3) is 0 Å². The number of hydrogen-bond acceptors (Lipinski definition) is 8. The van der Waals surface area contributed by atoms with Crippen LogP contribution in [0.15, 0.2) is 0 Å². The summed E-state index contributed by atoms with van der Waals surface area (Å²) < 4.78 is 0. The van der Waals surface area contributed by atoms with Gasteiger partial charge in [-0.25, -0.2) is 4.79 Å². The van der Waals surface area contributed by atoms with Gasteiger partial charge in [-0.2, -0.15) is 0 Å². The van der Waals surface area contributed by atoms with E-state index in [0.717, 1.165) is 0 Å². The van der Waals surface area contributed by atoms with Crippen molar-refractivity contribution in [2.45, 2.75) is 83.3 Å². The number of aliphatic hydroxyl groups excluding tert-OH is 2. The topological polar surface area (TPSA) is 228 Å². The lowest BCUT2D eigenvalue weighted by atomic mass is 9.96. The third kappa shape index (κ3) is 9.58. The minimum atomic E-state index is -1.61. The standard InChI is InChI=1S/C19H34N4O9/c1-5-8(2)13(17(29)23-15(10(4)25)19(31)32)21-18(30)14(9(3)24)22-16(28)11(20)6-7-12(26)27/h8-11,13-15,24-25H,5-7,20H2,1-4H3,(H,21,30)(H,22,28)(H,23,29)(H,26,27)(H,31,32). The van der Waals surface area contributed by atoms with E-state index in [1.807, 2.05) is 0 Å². The van der Waals surface area contributed by atoms with Gasteiger partial charge in [0, 0.05) is 6.42 Å². The first-order valence-corrected chi connectivity index (χ1v) is 10.2. The molecule has 0 aliphatic rings. The van der Waals surface area contributed by atoms with Crippen LogP contribution in [0.2, 0.25) is 0 Å². The number of nitrogens with two attached hydrogens (primary N) is 1. The molecule has 0 heterocycles. The number of aliphatic hydroxyl groups is 2. The first kappa shape index (κ1) is 29.2. The first-order chi connectivity index (χ1) is 14.7. The zero-order valence-electron chi connectivity index (χ0n) is 18.6. The first-order valence-electron chi connectivity index (χ1n) is 10.2. The maximum absolute atomic E-state index is 12.7. The average Bonchev–Trinajstić information content (AvgIpc) is 2.70. The Morgan fingerprint density at radius 2 is 1.22 bits per heavy atom. The van der Waals surface area contributed by atoms with Gasteiger partial charge in [0.25, 0.3) is 0 Å². The summed E-state index contributed by atoms with van der Waals surface area (Å²) in [6.45, 7) is 5.76. The molecular formula is C19H34N4O9. The molecule has 0 radical (unpaired) electrons. The number of carboxylic acid groups (broad SMARTS) is 2. The molecule has 0 saturated carbocycles. The average molecular weight is 463 g/mol. The molecule has 13 heteroatoms. The molecule has 0 bridgehead atoms. The molecule has 0 fully saturated rings. The Labute approximate surface area is 185 Å². The van der Waals surface area contributed by atoms with Crippen molar-refractivity contribution in [3.8, 4) is 0 Å². The Morgan fingerprint density at radius 3 is 1.62 bits per heavy atom. The molecule has 0 spiro atoms. The summed E-state index contributed by atoms with van der Waals surface area (Å²) in [5.74, 6) is -5.75. The van der Waals surface area contributed by atoms with Gasteiger partial charge in [-0.05, 0) is 26.2 Å². The number of amides is 3. The van der Waals surface area contributed by atoms with E-state index < -0.39 is 72.0 Å². The Bertz CT molecular complexity index is 684. The summed E-state index contributed by atoms with van der Waals surface area (Å²) in [6, 6.07) is -5.58. The van der Waals surface area contributed by atoms with Crippen LogP contribution in [-0.2, 0) is 24.0 Å². The highest BCUT2D eigenvalue weighted by molar-refractivity contribution is 5.94. The van der Waals surface area contributed by atoms with Gasteiger partial charge in [0.15, 0.2) is 6.04 Å². The van der Waals surface area contributed by atoms with Crippen LogP contribution in [0.5, 0.6) is 0 Å². The second-order valence-electron chi connectivity index (χ2n) is 7.70. The third-order valence-corrected chi connectivity index (χ3v) is 4.91. The van der Waals surface area contributed by atoms with Gasteiger partial charge in [0.1, 0.15) is 12.1 Å². The van der Waals surface area contributed by atoms with E-state index in [1.165, 1.54) is 13.8 Å². The normalized spacial score (nSPS) is 17.6. The zero-order valence-corrected chi connectivity index (χ0v) is 18.6. The zero-order chi connectivity index (χ0) is 25.2. The predicted molar refractivity (Wildman–Crippen MR) is 111 cm³/mol. The van der Waals surface area contributed by atoms with Crippen LogP contribution in [0, 0.1) is 5.92 Å². The lowest BCUT2D eigenvalue weighted by molar-refractivity contribution is -0.145. The molecule has 184 valence electrons. The molecule has 0 saturated heterocycles. The summed E-state index contributed by atoms with van der Waals surface area (Å²) in [5.41, 5.74) is 5.61. The van der Waals surface area contributed by atoms with Crippen molar-refractivity contribution in [1.82, 2.24) is 16.0 Å². The van der Waals surface area contributed by atoms with Gasteiger partial charge in [0.2, 0.25) is 17.7 Å². The highest BCUT2D eigenvalue weighted by Crippen LogP contribution is 2.10. The van der Waals surface area contributed by atoms with Gasteiger partial charge in [-0.15, -0.1) is 0 Å². The van der Waals surface area contributed by atoms with Crippen LogP contribution in [0.3, 0.4) is 0 Å². The van der Waals surface area contributed by atoms with E-state index >= 15 is 0 Å². The van der Waals surface area contributed by atoms with Crippen LogP contribution in [0.4, 0.5) is 0 Å². The second kappa shape index (κ2) is 13.6. The van der Waals surface area contributed by atoms with E-state index in [2.05, 4.69) is 16.0 Å². The van der Waals surface area contributed by atoms with Crippen molar-refractivity contribution in [1.29, 1.82) is 0 Å². The molecule has 0 aromatic carbocycles. The quantitative estimate of drug-likeness (QED) is 0.135. The summed E-state index contributed by atoms with van der Waals surface area (Å²) >= 11 is 0. The van der Waals surface area contributed by atoms with Crippen molar-refractivity contribution in [3.05, 3.63) is 0 Å². The van der Waals surface area contributed by atoms with E-state index in [0.29, 0.717) is 6.42 Å². The second-order valence-corrected chi connectivity index (χ2v) is 7.70. The fraction of sp³-hybridized carbons (Fsp3) is 0.737. The maximum Gasteiger partial charge on any atom is 0.328 e. The number of rotatable bonds is 14. The summed E-state index contributed by atoms with van der Waals surface area (Å²) in [4.78, 5) is 59.4. The monoisotopic (exact) mass is 462 g/mol. The highest BCUT2D eigenvalue weighted by Gasteiger charge is 2.35. The summed E-state index contributed by atoms with van der Waals surface area (Å²) in [6.07, 6.45) is -2.94. The lowest BCUT2D eigenvalue weighted by Crippen LogP contribution is -2.61. The Kier molecular flexibility index (Phi) is 12.4. The minimum Gasteiger partial charge on any atom is -0.481 e. The highest BCUT2D eigenvalue weighted by atomic mass is 16.4. The van der Waals surface area contributed by atoms with Gasteiger partial charge in [0.05, 0.1) is 18.2 Å². The van der Waals surface area contributed by atoms with Gasteiger partial charge in [-0.1, -0.05) is 20.3 Å². The largest absolute Gasteiger partial charge is 0.481 e. The Balaban J connectivity index is 5.44. The number of carboxylic acids is 2. The molecule has 0 aromatic heterocycles. The lowest BCUT2D eigenvalue weighted by Gasteiger charge is -2.29. The molecule has 32 heavy (non-hydrogen) atoms. The van der Waals surface area contributed by atoms with Crippen molar-refractivity contribution in [3.63, 3.8) is 0 Å². The van der Waals surface area contributed by atoms with Gasteiger partial charge in [-0.3, -0.25) is 19.2 Å². The molecule has 0 aliphatic heterocycles. The van der Waals surface area contributed by atoms with Crippen molar-refractivity contribution in [2.24, 2.45) is 11.7 Å². The van der Waals surface area contributed by atoms with Crippen molar-refractivity contribution < 1.29 is 44.4 Å². The fourth-order valence-corrected chi connectivity index (χ4v) is 2.65. The van der Waals surface area contributed by atoms with Crippen LogP contribution >= 0.6 is 0 Å². The minimum absolute atomic E-state index is 0.191. The van der Waals surface area contributed by atoms with Crippen molar-refractivity contribution in [2.75, 3.05) is 0 Å². The van der Waals surface area contributed by atoms with Crippen LogP contribution in [-0.4, -0.2) is 86.5 Å². The smallest absolute Gasteiger partial charge is 0.328 e. The maximum atomic E-state index is 12.7. The van der Waals surface area contributed by atoms with E-state index in [4.69, 9.17) is 15.9 Å². The number of carbonyl (C=O) groups is 5. The van der Waals surface area contributed by atoms with E-state index in [9.17, 15) is 34.2 Å². The molecule has 0 aromatic rings. The summed E-state index contributed by atoms with van der Waals surface area (Å²) in [5, 5.41) is 44.1. The van der Waals surface area contributed by atoms with Gasteiger partial charge < -0.3 is 42.1 Å². The third-order valence-electron chi connectivity index (χ3n) is 4.91. The molecule has 0 aliphatic carbocycles. The van der Waals surface area contributed by atoms with Gasteiger partial charge >= 0.3 is 11.9 Å². The molecule has 9 N–H and O–H groups in total. The fourth-order valence-electron chi connectivity index (χ4n) is 2.65. The Hall–Kier alpha value is -2.77. The Morgan fingerprint density at radius 1 is 0.781 bits per heavy atom. The number of aliphatic carboxylic acids is 2. The predicted octanol–water partition coefficient (Wildman–Crippen LogP) is -2.47. The summed E-state index contributed by atoms with van der Waals surface area (Å²) in [7, 11) is 0. The number of hydrogen-bond donors (Lipinski definition) is 8. The van der Waals surface area contributed by atoms with E-state index in [-0.39, 0.29) is 12.8 Å². The molecule has 13 nitrogen and oxygen atoms in total. The van der Waals surface area contributed by atoms with Crippen molar-refractivity contribution >= 4 is 29.7 Å². The van der Waals surface area contributed by atoms with Crippen LogP contribution < -0.4 is 21.7 Å². The molecule has 0 rings (SSSR count). The van der Waals surface area contributed by atoms with E-state index in [1.54, 1.807) is 13.8 Å². The molecular weight excluding hydrogens is 428 g/mol. The number of nitrogens with one attached hydrogen (secondary N) is 3. The number of carbonyl (C=O) groups excluding carboxylic acids is 3. The molecule has 7 atom stereocenters.